The molecule has 0 unspecified atom stereocenters. The van der Waals surface area contributed by atoms with Gasteiger partial charge < -0.3 is 19.9 Å². The van der Waals surface area contributed by atoms with E-state index in [0.717, 1.165) is 34.1 Å². The molecule has 0 radical (unpaired) electrons. The van der Waals surface area contributed by atoms with Gasteiger partial charge in [0.25, 0.3) is 0 Å². The summed E-state index contributed by atoms with van der Waals surface area (Å²) in [6, 6.07) is 10.7. The monoisotopic (exact) mass is 424 g/mol. The fourth-order valence-corrected chi connectivity index (χ4v) is 3.70. The Labute approximate surface area is 179 Å². The number of methoxy groups -OCH3 is 1. The topological polar surface area (TPSA) is 80.7 Å². The number of aliphatic hydroxyl groups is 1. The van der Waals surface area contributed by atoms with Crippen molar-refractivity contribution in [1.29, 1.82) is 0 Å². The third-order valence-electron chi connectivity index (χ3n) is 5.07. The molecule has 0 spiro atoms. The van der Waals surface area contributed by atoms with Crippen molar-refractivity contribution in [3.63, 3.8) is 0 Å². The largest absolute Gasteiger partial charge is 0.465 e. The third-order valence-corrected chi connectivity index (χ3v) is 5.31. The fourth-order valence-electron chi connectivity index (χ4n) is 3.53. The summed E-state index contributed by atoms with van der Waals surface area (Å²) in [6.07, 6.45) is 4.63. The van der Waals surface area contributed by atoms with Gasteiger partial charge in [-0.25, -0.2) is 4.79 Å². The van der Waals surface area contributed by atoms with Gasteiger partial charge in [-0.15, -0.1) is 0 Å². The van der Waals surface area contributed by atoms with E-state index in [1.165, 1.54) is 7.11 Å². The first kappa shape index (κ1) is 20.3. The molecule has 0 bridgehead atoms. The molecule has 0 atom stereocenters. The molecular weight excluding hydrogens is 404 g/mol. The number of pyridine rings is 1. The molecule has 30 heavy (non-hydrogen) atoms. The maximum absolute atomic E-state index is 12.4. The number of carbonyl (C=O) groups is 1. The molecule has 3 aromatic rings. The maximum atomic E-state index is 12.4. The predicted octanol–water partition coefficient (Wildman–Crippen LogP) is 4.71. The maximum Gasteiger partial charge on any atom is 0.339 e. The lowest BCUT2D eigenvalue weighted by Gasteiger charge is -2.20. The van der Waals surface area contributed by atoms with E-state index in [2.05, 4.69) is 10.3 Å². The van der Waals surface area contributed by atoms with Crippen LogP contribution in [-0.4, -0.2) is 36.4 Å². The molecule has 2 heterocycles. The Bertz CT molecular complexity index is 1140. The number of halogens is 1. The number of carbonyl (C=O) groups excluding carboxylic acids is 1. The molecule has 2 N–H and O–H groups in total. The molecule has 2 aromatic carbocycles. The highest BCUT2D eigenvalue weighted by atomic mass is 35.5. The highest BCUT2D eigenvalue weighted by Gasteiger charge is 2.19. The lowest BCUT2D eigenvalue weighted by molar-refractivity contribution is 0.0601. The van der Waals surface area contributed by atoms with Crippen LogP contribution in [0.25, 0.3) is 16.5 Å². The SMILES string of the molecule is COC(=O)c1cc(CO)ccc1Nc1c(C2=CCOCC2)cnc2ccc(Cl)cc12. The molecule has 0 saturated carbocycles. The van der Waals surface area contributed by atoms with E-state index in [4.69, 9.17) is 21.1 Å². The van der Waals surface area contributed by atoms with Crippen LogP contribution in [0.1, 0.15) is 27.9 Å². The Kier molecular flexibility index (Phi) is 5.99. The standard InChI is InChI=1S/C23H21ClN2O4/c1-29-23(28)18-10-14(13-27)2-4-21(18)26-22-17-11-16(24)3-5-20(17)25-12-19(22)15-6-8-30-9-7-15/h2-6,10-12,27H,7-9,13H2,1H3,(H,25,26). The summed E-state index contributed by atoms with van der Waals surface area (Å²) in [4.78, 5) is 17.0. The van der Waals surface area contributed by atoms with Gasteiger partial charge in [0.15, 0.2) is 0 Å². The Morgan fingerprint density at radius 3 is 2.90 bits per heavy atom. The van der Waals surface area contributed by atoms with Gasteiger partial charge in [-0.1, -0.05) is 23.7 Å². The summed E-state index contributed by atoms with van der Waals surface area (Å²) in [6.45, 7) is 1.01. The summed E-state index contributed by atoms with van der Waals surface area (Å²) < 4.78 is 10.4. The molecule has 1 aliphatic heterocycles. The number of hydrogen-bond donors (Lipinski definition) is 2. The highest BCUT2D eigenvalue weighted by molar-refractivity contribution is 6.31. The number of hydrogen-bond acceptors (Lipinski definition) is 6. The average Bonchev–Trinajstić information content (AvgIpc) is 2.79. The minimum Gasteiger partial charge on any atom is -0.465 e. The number of benzene rings is 2. The average molecular weight is 425 g/mol. The van der Waals surface area contributed by atoms with Crippen molar-refractivity contribution in [1.82, 2.24) is 4.98 Å². The summed E-state index contributed by atoms with van der Waals surface area (Å²) >= 11 is 6.28. The summed E-state index contributed by atoms with van der Waals surface area (Å²) in [5.41, 5.74) is 5.15. The van der Waals surface area contributed by atoms with E-state index in [1.807, 2.05) is 24.4 Å². The number of aromatic nitrogens is 1. The number of anilines is 2. The van der Waals surface area contributed by atoms with Crippen molar-refractivity contribution in [3.05, 3.63) is 70.4 Å². The van der Waals surface area contributed by atoms with Crippen LogP contribution in [0, 0.1) is 0 Å². The smallest absolute Gasteiger partial charge is 0.339 e. The van der Waals surface area contributed by atoms with E-state index in [0.29, 0.717) is 35.1 Å². The molecular formula is C23H21ClN2O4. The van der Waals surface area contributed by atoms with Gasteiger partial charge in [0.2, 0.25) is 0 Å². The minimum absolute atomic E-state index is 0.170. The van der Waals surface area contributed by atoms with Crippen LogP contribution in [0.3, 0.4) is 0 Å². The van der Waals surface area contributed by atoms with Crippen LogP contribution in [0.15, 0.2) is 48.7 Å². The normalized spacial score (nSPS) is 13.8. The van der Waals surface area contributed by atoms with Crippen molar-refractivity contribution in [2.75, 3.05) is 25.6 Å². The van der Waals surface area contributed by atoms with Crippen molar-refractivity contribution in [2.45, 2.75) is 13.0 Å². The van der Waals surface area contributed by atoms with Gasteiger partial charge in [-0.3, -0.25) is 4.98 Å². The number of esters is 1. The van der Waals surface area contributed by atoms with E-state index in [1.54, 1.807) is 24.3 Å². The number of rotatable bonds is 5. The fraction of sp³-hybridized carbons (Fsp3) is 0.217. The van der Waals surface area contributed by atoms with Crippen LogP contribution < -0.4 is 5.32 Å². The molecule has 4 rings (SSSR count). The van der Waals surface area contributed by atoms with E-state index >= 15 is 0 Å². The first-order valence-corrected chi connectivity index (χ1v) is 9.93. The molecule has 6 nitrogen and oxygen atoms in total. The number of fused-ring (bicyclic) bond motifs is 1. The van der Waals surface area contributed by atoms with Crippen LogP contribution in [0.2, 0.25) is 5.02 Å². The third kappa shape index (κ3) is 4.03. The molecule has 0 amide bonds. The summed E-state index contributed by atoms with van der Waals surface area (Å²) in [7, 11) is 1.33. The van der Waals surface area contributed by atoms with Crippen molar-refractivity contribution in [3.8, 4) is 0 Å². The van der Waals surface area contributed by atoms with Crippen LogP contribution in [0.5, 0.6) is 0 Å². The first-order chi connectivity index (χ1) is 14.6. The predicted molar refractivity (Wildman–Crippen MR) is 117 cm³/mol. The second kappa shape index (κ2) is 8.83. The molecule has 1 aromatic heterocycles. The van der Waals surface area contributed by atoms with Gasteiger partial charge in [0.1, 0.15) is 0 Å². The van der Waals surface area contributed by atoms with Crippen LogP contribution in [0.4, 0.5) is 11.4 Å². The Morgan fingerprint density at radius 2 is 2.17 bits per heavy atom. The quantitative estimate of drug-likeness (QED) is 0.577. The first-order valence-electron chi connectivity index (χ1n) is 9.55. The second-order valence-corrected chi connectivity index (χ2v) is 7.35. The van der Waals surface area contributed by atoms with Gasteiger partial charge >= 0.3 is 5.97 Å². The zero-order valence-corrected chi connectivity index (χ0v) is 17.2. The molecule has 0 fully saturated rings. The highest BCUT2D eigenvalue weighted by Crippen LogP contribution is 2.37. The minimum atomic E-state index is -0.490. The van der Waals surface area contributed by atoms with Gasteiger partial charge in [-0.05, 0) is 47.9 Å². The van der Waals surface area contributed by atoms with Gasteiger partial charge in [0, 0.05) is 22.2 Å². The van der Waals surface area contributed by atoms with Crippen molar-refractivity contribution >= 4 is 45.4 Å². The number of ether oxygens (including phenoxy) is 2. The lowest BCUT2D eigenvalue weighted by Crippen LogP contribution is -2.09. The molecule has 154 valence electrons. The molecule has 0 aliphatic carbocycles. The van der Waals surface area contributed by atoms with Gasteiger partial charge in [0.05, 0.1) is 49.4 Å². The molecule has 7 heteroatoms. The Hall–Kier alpha value is -2.93. The van der Waals surface area contributed by atoms with E-state index in [9.17, 15) is 9.90 Å². The summed E-state index contributed by atoms with van der Waals surface area (Å²) in [5.74, 6) is -0.490. The molecule has 1 aliphatic rings. The number of aliphatic hydroxyl groups excluding tert-OH is 1. The van der Waals surface area contributed by atoms with Crippen LogP contribution >= 0.6 is 11.6 Å². The second-order valence-electron chi connectivity index (χ2n) is 6.92. The van der Waals surface area contributed by atoms with E-state index < -0.39 is 5.97 Å². The van der Waals surface area contributed by atoms with Crippen LogP contribution in [-0.2, 0) is 16.1 Å². The van der Waals surface area contributed by atoms with Crippen molar-refractivity contribution < 1.29 is 19.4 Å². The summed E-state index contributed by atoms with van der Waals surface area (Å²) in [5, 5.41) is 14.3. The van der Waals surface area contributed by atoms with E-state index in [-0.39, 0.29) is 6.61 Å². The van der Waals surface area contributed by atoms with Gasteiger partial charge in [-0.2, -0.15) is 0 Å². The zero-order chi connectivity index (χ0) is 21.1. The van der Waals surface area contributed by atoms with Crippen molar-refractivity contribution in [2.24, 2.45) is 0 Å². The molecule has 0 saturated heterocycles. The zero-order valence-electron chi connectivity index (χ0n) is 16.4. The number of nitrogens with zero attached hydrogens (tertiary/aromatic N) is 1. The Balaban J connectivity index is 1.90. The Morgan fingerprint density at radius 1 is 1.30 bits per heavy atom. The lowest BCUT2D eigenvalue weighted by atomic mass is 9.98. The number of nitrogens with one attached hydrogen (secondary N) is 1.